The molecule has 0 aromatic heterocycles. The van der Waals surface area contributed by atoms with Crippen LogP contribution in [0.4, 0.5) is 61.0 Å². The van der Waals surface area contributed by atoms with E-state index in [-0.39, 0.29) is 11.6 Å². The third-order valence-corrected chi connectivity index (χ3v) is 7.20. The predicted octanol–water partition coefficient (Wildman–Crippen LogP) is 7.98. The first-order valence-electron chi connectivity index (χ1n) is 12.0. The lowest BCUT2D eigenvalue weighted by atomic mass is 10.1. The van der Waals surface area contributed by atoms with E-state index in [9.17, 15) is 58.3 Å². The Kier molecular flexibility index (Phi) is 10.3. The molecular formula is C27H17Cl2F10N3O3. The van der Waals surface area contributed by atoms with E-state index in [1.54, 1.807) is 5.32 Å². The fourth-order valence-electron chi connectivity index (χ4n) is 3.82. The van der Waals surface area contributed by atoms with Crippen molar-refractivity contribution in [2.75, 3.05) is 16.0 Å². The topological polar surface area (TPSA) is 87.3 Å². The van der Waals surface area contributed by atoms with Gasteiger partial charge in [0.25, 0.3) is 11.8 Å². The fourth-order valence-corrected chi connectivity index (χ4v) is 4.68. The van der Waals surface area contributed by atoms with Crippen LogP contribution in [0.1, 0.15) is 17.3 Å². The molecule has 2 atom stereocenters. The second-order valence-corrected chi connectivity index (χ2v) is 10.8. The van der Waals surface area contributed by atoms with Crippen LogP contribution in [-0.4, -0.2) is 34.7 Å². The first-order chi connectivity index (χ1) is 20.7. The molecular weight excluding hydrogens is 675 g/mol. The predicted molar refractivity (Wildman–Crippen MR) is 143 cm³/mol. The summed E-state index contributed by atoms with van der Waals surface area (Å²) in [7, 11) is 0. The Morgan fingerprint density at radius 2 is 1.47 bits per heavy atom. The molecule has 2 aromatic rings. The highest BCUT2D eigenvalue weighted by Crippen LogP contribution is 2.62. The lowest BCUT2D eigenvalue weighted by Gasteiger charge is -2.13. The van der Waals surface area contributed by atoms with Crippen LogP contribution < -0.4 is 16.0 Å². The molecule has 0 spiro atoms. The van der Waals surface area contributed by atoms with Crippen molar-refractivity contribution in [2.45, 2.75) is 23.9 Å². The summed E-state index contributed by atoms with van der Waals surface area (Å²) in [6.07, 6.45) is -7.30. The minimum absolute atomic E-state index is 0.103. The summed E-state index contributed by atoms with van der Waals surface area (Å²) in [5.74, 6) is -15.3. The highest BCUT2D eigenvalue weighted by molar-refractivity contribution is 6.53. The van der Waals surface area contributed by atoms with E-state index in [2.05, 4.69) is 11.9 Å². The van der Waals surface area contributed by atoms with Crippen molar-refractivity contribution in [1.29, 1.82) is 0 Å². The first-order valence-corrected chi connectivity index (χ1v) is 12.8. The Labute approximate surface area is 256 Å². The van der Waals surface area contributed by atoms with Crippen molar-refractivity contribution in [3.63, 3.8) is 0 Å². The Morgan fingerprint density at radius 1 is 0.889 bits per heavy atom. The van der Waals surface area contributed by atoms with E-state index < -0.39 is 104 Å². The van der Waals surface area contributed by atoms with Crippen molar-refractivity contribution in [3.05, 3.63) is 88.8 Å². The molecule has 3 amide bonds. The normalized spacial score (nSPS) is 18.0. The molecule has 0 bridgehead atoms. The summed E-state index contributed by atoms with van der Waals surface area (Å²) in [5, 5.41) is 5.29. The van der Waals surface area contributed by atoms with E-state index in [4.69, 9.17) is 23.2 Å². The third-order valence-electron chi connectivity index (χ3n) is 6.26. The van der Waals surface area contributed by atoms with Crippen molar-refractivity contribution in [2.24, 2.45) is 11.8 Å². The van der Waals surface area contributed by atoms with Crippen molar-refractivity contribution in [3.8, 4) is 0 Å². The number of rotatable bonds is 9. The second kappa shape index (κ2) is 13.1. The number of alkyl halides is 7. The van der Waals surface area contributed by atoms with Gasteiger partial charge in [-0.3, -0.25) is 14.4 Å². The maximum absolute atomic E-state index is 14.5. The third kappa shape index (κ3) is 7.97. The van der Waals surface area contributed by atoms with Crippen LogP contribution in [0, 0.1) is 35.1 Å². The van der Waals surface area contributed by atoms with Crippen LogP contribution in [0.25, 0.3) is 0 Å². The molecule has 0 heterocycles. The number of nitrogens with one attached hydrogen (secondary N) is 3. The molecule has 1 saturated carbocycles. The zero-order valence-electron chi connectivity index (χ0n) is 22.2. The molecule has 6 nitrogen and oxygen atoms in total. The van der Waals surface area contributed by atoms with E-state index in [0.717, 1.165) is 6.08 Å². The Hall–Kier alpha value is -4.05. The van der Waals surface area contributed by atoms with Gasteiger partial charge in [-0.1, -0.05) is 12.7 Å². The highest BCUT2D eigenvalue weighted by atomic mass is 35.5. The maximum Gasteiger partial charge on any atom is 0.415 e. The zero-order chi connectivity index (χ0) is 34.2. The second-order valence-electron chi connectivity index (χ2n) is 9.37. The lowest BCUT2D eigenvalue weighted by Crippen LogP contribution is -2.22. The summed E-state index contributed by atoms with van der Waals surface area (Å²) in [4.78, 5) is 36.7. The van der Waals surface area contributed by atoms with Crippen LogP contribution in [0.3, 0.4) is 0 Å². The highest BCUT2D eigenvalue weighted by Gasteiger charge is 2.67. The van der Waals surface area contributed by atoms with Gasteiger partial charge in [-0.2, -0.15) is 22.0 Å². The Morgan fingerprint density at radius 3 is 2.02 bits per heavy atom. The molecule has 2 aromatic carbocycles. The molecule has 18 heteroatoms. The first kappa shape index (κ1) is 35.4. The van der Waals surface area contributed by atoms with Gasteiger partial charge in [0.05, 0.1) is 28.4 Å². The molecule has 0 saturated heterocycles. The van der Waals surface area contributed by atoms with Gasteiger partial charge in [-0.25, -0.2) is 22.0 Å². The minimum Gasteiger partial charge on any atom is -0.326 e. The maximum atomic E-state index is 14.5. The van der Waals surface area contributed by atoms with E-state index in [0.29, 0.717) is 31.2 Å². The van der Waals surface area contributed by atoms with Crippen LogP contribution in [0.15, 0.2) is 60.0 Å². The van der Waals surface area contributed by atoms with Crippen LogP contribution in [0.2, 0.25) is 0 Å². The van der Waals surface area contributed by atoms with Gasteiger partial charge < -0.3 is 16.0 Å². The standard InChI is InChI=1S/C27H17Cl2F10N3O3/c1-9(3-4-13(30)10(2)27(37,38)39)19-20(26(19,28)29)24(44)40-11-5-12(21(34)16(33)6-11)23(43)41-17-8-18(15(32)7-14(17)31)42-25(45)22(35)36/h3-8,19-20,22H,1H2,2H3,(H,40,44)(H,41,43)(H,42,45)/b4-3-,13-10-/t19-,20+/m0/s1. The van der Waals surface area contributed by atoms with E-state index in [1.807, 2.05) is 0 Å². The zero-order valence-corrected chi connectivity index (χ0v) is 23.7. The van der Waals surface area contributed by atoms with Crippen LogP contribution >= 0.6 is 23.2 Å². The molecule has 1 aliphatic rings. The van der Waals surface area contributed by atoms with E-state index in [1.165, 1.54) is 5.32 Å². The molecule has 242 valence electrons. The smallest absolute Gasteiger partial charge is 0.326 e. The van der Waals surface area contributed by atoms with Crippen molar-refractivity contribution in [1.82, 2.24) is 0 Å². The summed E-state index contributed by atoms with van der Waals surface area (Å²) < 4.78 is 132. The lowest BCUT2D eigenvalue weighted by molar-refractivity contribution is -0.126. The quantitative estimate of drug-likeness (QED) is 0.142. The number of hydrogen-bond donors (Lipinski definition) is 3. The van der Waals surface area contributed by atoms with Gasteiger partial charge in [-0.05, 0) is 30.7 Å². The molecule has 0 radical (unpaired) electrons. The molecule has 0 unspecified atom stereocenters. The number of benzene rings is 2. The molecule has 1 fully saturated rings. The van der Waals surface area contributed by atoms with Gasteiger partial charge in [0, 0.05) is 23.7 Å². The number of allylic oxidation sites excluding steroid dienone is 5. The number of carbonyl (C=O) groups excluding carboxylic acids is 3. The largest absolute Gasteiger partial charge is 0.415 e. The summed E-state index contributed by atoms with van der Waals surface area (Å²) >= 11 is 12.2. The monoisotopic (exact) mass is 691 g/mol. The van der Waals surface area contributed by atoms with Crippen molar-refractivity contribution >= 4 is 58.0 Å². The average molecular weight is 692 g/mol. The number of amides is 3. The molecule has 3 N–H and O–H groups in total. The summed E-state index contributed by atoms with van der Waals surface area (Å²) in [6, 6.07) is 1.51. The van der Waals surface area contributed by atoms with Gasteiger partial charge >= 0.3 is 12.6 Å². The Balaban J connectivity index is 1.80. The summed E-state index contributed by atoms with van der Waals surface area (Å²) in [5.41, 5.74) is -5.35. The molecule has 0 aliphatic heterocycles. The number of hydrogen-bond acceptors (Lipinski definition) is 3. The number of halogens is 12. The van der Waals surface area contributed by atoms with Gasteiger partial charge in [-0.15, -0.1) is 23.2 Å². The SMILES string of the molecule is C=C(/C=C\C(F)=C(/C)C(F)(F)F)[C@H]1[C@H](C(=O)Nc2cc(F)c(F)c(C(=O)Nc3cc(NC(=O)C(F)F)c(F)cc3F)c2)C1(Cl)Cl. The number of anilines is 3. The molecule has 1 aliphatic carbocycles. The van der Waals surface area contributed by atoms with Crippen LogP contribution in [-0.2, 0) is 9.59 Å². The minimum atomic E-state index is -4.95. The van der Waals surface area contributed by atoms with Gasteiger partial charge in [0.1, 0.15) is 21.8 Å². The average Bonchev–Trinajstić information content (AvgIpc) is 3.52. The van der Waals surface area contributed by atoms with Crippen LogP contribution in [0.5, 0.6) is 0 Å². The van der Waals surface area contributed by atoms with Gasteiger partial charge in [0.15, 0.2) is 11.6 Å². The summed E-state index contributed by atoms with van der Waals surface area (Å²) in [6.45, 7) is 4.00. The van der Waals surface area contributed by atoms with Gasteiger partial charge in [0.2, 0.25) is 5.91 Å². The fraction of sp³-hybridized carbons (Fsp3) is 0.222. The molecule has 3 rings (SSSR count). The van der Waals surface area contributed by atoms with Crippen molar-refractivity contribution < 1.29 is 58.3 Å². The molecule has 45 heavy (non-hydrogen) atoms. The Bertz CT molecular complexity index is 1640. The van der Waals surface area contributed by atoms with E-state index >= 15 is 0 Å². The number of carbonyl (C=O) groups is 3.